The van der Waals surface area contributed by atoms with Crippen molar-refractivity contribution in [3.63, 3.8) is 0 Å². The standard InChI is InChI=1S/C21H23FN2O2/c1-21(2)10-15-8-14(20(25)26)6-7-18(15)23-19(21)13-4-3-5-17(9-13)24-11-16(22)12-24/h3-9,16,19,23H,10-12H2,1-2H3,(H,25,26). The summed E-state index contributed by atoms with van der Waals surface area (Å²) in [5.74, 6) is -0.902. The van der Waals surface area contributed by atoms with Crippen molar-refractivity contribution in [1.82, 2.24) is 0 Å². The number of carboxylic acids is 1. The Kier molecular flexibility index (Phi) is 3.90. The number of benzene rings is 2. The van der Waals surface area contributed by atoms with Crippen LogP contribution in [0.5, 0.6) is 0 Å². The van der Waals surface area contributed by atoms with Gasteiger partial charge >= 0.3 is 5.97 Å². The van der Waals surface area contributed by atoms with E-state index in [1.165, 1.54) is 5.56 Å². The zero-order chi connectivity index (χ0) is 18.5. The Hall–Kier alpha value is -2.56. The van der Waals surface area contributed by atoms with Crippen molar-refractivity contribution >= 4 is 17.3 Å². The molecule has 2 N–H and O–H groups in total. The van der Waals surface area contributed by atoms with E-state index in [1.807, 2.05) is 18.2 Å². The summed E-state index contributed by atoms with van der Waals surface area (Å²) in [6, 6.07) is 13.7. The topological polar surface area (TPSA) is 52.6 Å². The Balaban J connectivity index is 1.65. The van der Waals surface area contributed by atoms with E-state index >= 15 is 0 Å². The zero-order valence-corrected chi connectivity index (χ0v) is 15.0. The maximum atomic E-state index is 13.2. The minimum absolute atomic E-state index is 0.0830. The van der Waals surface area contributed by atoms with Crippen LogP contribution in [0, 0.1) is 5.41 Å². The predicted octanol–water partition coefficient (Wildman–Crippen LogP) is 4.28. The van der Waals surface area contributed by atoms with Crippen LogP contribution in [0.25, 0.3) is 0 Å². The first kappa shape index (κ1) is 16.9. The molecule has 136 valence electrons. The Morgan fingerprint density at radius 3 is 2.69 bits per heavy atom. The minimum atomic E-state index is -0.902. The highest BCUT2D eigenvalue weighted by atomic mass is 19.1. The first-order chi connectivity index (χ1) is 12.3. The number of hydrogen-bond donors (Lipinski definition) is 2. The summed E-state index contributed by atoms with van der Waals surface area (Å²) in [5.41, 5.74) is 4.48. The van der Waals surface area contributed by atoms with Crippen molar-refractivity contribution in [2.24, 2.45) is 5.41 Å². The van der Waals surface area contributed by atoms with E-state index < -0.39 is 12.1 Å². The number of aromatic carboxylic acids is 1. The summed E-state index contributed by atoms with van der Waals surface area (Å²) < 4.78 is 13.2. The molecule has 26 heavy (non-hydrogen) atoms. The van der Waals surface area contributed by atoms with Gasteiger partial charge in [0.15, 0.2) is 0 Å². The van der Waals surface area contributed by atoms with Crippen LogP contribution in [0.4, 0.5) is 15.8 Å². The molecule has 1 atom stereocenters. The summed E-state index contributed by atoms with van der Waals surface area (Å²) >= 11 is 0. The molecule has 1 fully saturated rings. The minimum Gasteiger partial charge on any atom is -0.478 e. The summed E-state index contributed by atoms with van der Waals surface area (Å²) in [4.78, 5) is 13.3. The van der Waals surface area contributed by atoms with Crippen LogP contribution in [0.3, 0.4) is 0 Å². The maximum absolute atomic E-state index is 13.2. The molecule has 0 radical (unpaired) electrons. The zero-order valence-electron chi connectivity index (χ0n) is 15.0. The smallest absolute Gasteiger partial charge is 0.335 e. The third kappa shape index (κ3) is 2.91. The lowest BCUT2D eigenvalue weighted by Gasteiger charge is -2.42. The van der Waals surface area contributed by atoms with Gasteiger partial charge in [0.1, 0.15) is 6.17 Å². The average Bonchev–Trinajstić information content (AvgIpc) is 2.57. The van der Waals surface area contributed by atoms with E-state index in [9.17, 15) is 14.3 Å². The maximum Gasteiger partial charge on any atom is 0.335 e. The number of carbonyl (C=O) groups is 1. The average molecular weight is 354 g/mol. The molecule has 5 heteroatoms. The number of fused-ring (bicyclic) bond motifs is 1. The van der Waals surface area contributed by atoms with Gasteiger partial charge in [-0.05, 0) is 53.3 Å². The molecule has 0 amide bonds. The van der Waals surface area contributed by atoms with Crippen molar-refractivity contribution in [3.8, 4) is 0 Å². The lowest BCUT2D eigenvalue weighted by Crippen LogP contribution is -2.48. The van der Waals surface area contributed by atoms with Crippen molar-refractivity contribution in [3.05, 3.63) is 59.2 Å². The molecule has 0 aromatic heterocycles. The van der Waals surface area contributed by atoms with Gasteiger partial charge in [0.2, 0.25) is 0 Å². The fourth-order valence-electron chi connectivity index (χ4n) is 4.03. The fourth-order valence-corrected chi connectivity index (χ4v) is 4.03. The largest absolute Gasteiger partial charge is 0.478 e. The first-order valence-corrected chi connectivity index (χ1v) is 8.95. The lowest BCUT2D eigenvalue weighted by molar-refractivity contribution is 0.0696. The van der Waals surface area contributed by atoms with Crippen molar-refractivity contribution in [2.75, 3.05) is 23.3 Å². The third-order valence-corrected chi connectivity index (χ3v) is 5.49. The number of hydrogen-bond acceptors (Lipinski definition) is 3. The first-order valence-electron chi connectivity index (χ1n) is 8.95. The Bertz CT molecular complexity index is 859. The number of alkyl halides is 1. The predicted molar refractivity (Wildman–Crippen MR) is 101 cm³/mol. The van der Waals surface area contributed by atoms with Crippen LogP contribution in [-0.4, -0.2) is 30.3 Å². The van der Waals surface area contributed by atoms with Gasteiger partial charge in [0.05, 0.1) is 24.7 Å². The van der Waals surface area contributed by atoms with Crippen LogP contribution in [0.2, 0.25) is 0 Å². The molecule has 2 heterocycles. The van der Waals surface area contributed by atoms with Crippen LogP contribution in [0.15, 0.2) is 42.5 Å². The molecule has 2 aliphatic heterocycles. The highest BCUT2D eigenvalue weighted by Crippen LogP contribution is 2.45. The van der Waals surface area contributed by atoms with Crippen molar-refractivity contribution in [2.45, 2.75) is 32.5 Å². The molecular formula is C21H23FN2O2. The van der Waals surface area contributed by atoms with E-state index in [-0.39, 0.29) is 11.5 Å². The molecule has 1 saturated heterocycles. The van der Waals surface area contributed by atoms with Gasteiger partial charge in [-0.15, -0.1) is 0 Å². The Morgan fingerprint density at radius 2 is 2.00 bits per heavy atom. The molecule has 0 spiro atoms. The van der Waals surface area contributed by atoms with E-state index in [4.69, 9.17) is 0 Å². The normalized spacial score (nSPS) is 21.5. The molecule has 2 aliphatic rings. The lowest BCUT2D eigenvalue weighted by atomic mass is 9.72. The molecule has 2 aromatic carbocycles. The fraction of sp³-hybridized carbons (Fsp3) is 0.381. The Morgan fingerprint density at radius 1 is 1.23 bits per heavy atom. The highest BCUT2D eigenvalue weighted by Gasteiger charge is 2.36. The van der Waals surface area contributed by atoms with Crippen LogP contribution in [-0.2, 0) is 6.42 Å². The van der Waals surface area contributed by atoms with Gasteiger partial charge in [-0.2, -0.15) is 0 Å². The molecule has 0 saturated carbocycles. The van der Waals surface area contributed by atoms with Gasteiger partial charge in [-0.1, -0.05) is 26.0 Å². The molecule has 4 nitrogen and oxygen atoms in total. The molecule has 0 aliphatic carbocycles. The molecule has 4 rings (SSSR count). The highest BCUT2D eigenvalue weighted by molar-refractivity contribution is 5.88. The van der Waals surface area contributed by atoms with Gasteiger partial charge in [0.25, 0.3) is 0 Å². The van der Waals surface area contributed by atoms with Gasteiger partial charge in [-0.25, -0.2) is 9.18 Å². The number of anilines is 2. The van der Waals surface area contributed by atoms with E-state index in [2.05, 4.69) is 36.2 Å². The van der Waals surface area contributed by atoms with Crippen LogP contribution in [0.1, 0.15) is 41.4 Å². The van der Waals surface area contributed by atoms with E-state index in [0.29, 0.717) is 18.7 Å². The number of nitrogens with one attached hydrogen (secondary N) is 1. The van der Waals surface area contributed by atoms with Crippen molar-refractivity contribution in [1.29, 1.82) is 0 Å². The molecule has 1 unspecified atom stereocenters. The van der Waals surface area contributed by atoms with E-state index in [1.54, 1.807) is 12.1 Å². The summed E-state index contributed by atoms with van der Waals surface area (Å²) in [6.45, 7) is 5.31. The van der Waals surface area contributed by atoms with E-state index in [0.717, 1.165) is 23.4 Å². The SMILES string of the molecule is CC1(C)Cc2cc(C(=O)O)ccc2NC1c1cccc(N2CC(F)C2)c1. The number of carboxylic acid groups (broad SMARTS) is 1. The second-order valence-corrected chi connectivity index (χ2v) is 8.02. The number of halogens is 1. The Labute approximate surface area is 152 Å². The molecular weight excluding hydrogens is 331 g/mol. The van der Waals surface area contributed by atoms with Gasteiger partial charge < -0.3 is 15.3 Å². The van der Waals surface area contributed by atoms with Crippen LogP contribution >= 0.6 is 0 Å². The van der Waals surface area contributed by atoms with Crippen LogP contribution < -0.4 is 10.2 Å². The summed E-state index contributed by atoms with van der Waals surface area (Å²) in [7, 11) is 0. The second-order valence-electron chi connectivity index (χ2n) is 8.02. The van der Waals surface area contributed by atoms with Gasteiger partial charge in [-0.3, -0.25) is 0 Å². The van der Waals surface area contributed by atoms with Crippen molar-refractivity contribution < 1.29 is 14.3 Å². The summed E-state index contributed by atoms with van der Waals surface area (Å²) in [5, 5.41) is 12.8. The third-order valence-electron chi connectivity index (χ3n) is 5.49. The quantitative estimate of drug-likeness (QED) is 0.864. The molecule has 2 aromatic rings. The second kappa shape index (κ2) is 6.01. The summed E-state index contributed by atoms with van der Waals surface area (Å²) in [6.07, 6.45) is 0.0694. The molecule has 0 bridgehead atoms. The number of nitrogens with zero attached hydrogens (tertiary/aromatic N) is 1. The number of rotatable bonds is 3. The monoisotopic (exact) mass is 354 g/mol. The van der Waals surface area contributed by atoms with Gasteiger partial charge in [0, 0.05) is 11.4 Å².